The smallest absolute Gasteiger partial charge is 0.231 e. The number of benzene rings is 1. The third-order valence-corrected chi connectivity index (χ3v) is 4.00. The molecule has 3 heteroatoms. The van der Waals surface area contributed by atoms with Crippen LogP contribution in [0.5, 0.6) is 0 Å². The van der Waals surface area contributed by atoms with Crippen LogP contribution in [-0.4, -0.2) is 12.5 Å². The van der Waals surface area contributed by atoms with E-state index in [4.69, 9.17) is 5.73 Å². The fraction of sp³-hybridized carbons (Fsp3) is 0.533. The molecular weight excluding hydrogens is 224 g/mol. The van der Waals surface area contributed by atoms with Gasteiger partial charge in [0.1, 0.15) is 0 Å². The third kappa shape index (κ3) is 2.27. The van der Waals surface area contributed by atoms with Gasteiger partial charge in [-0.25, -0.2) is 0 Å². The standard InChI is InChI=1S/C15H22N2O/c1-3-12-6-4-5-7-13(12)17-14(18)15(10-16)8-11(2)9-15/h4-7,11H,3,8-10,16H2,1-2H3,(H,17,18). The van der Waals surface area contributed by atoms with E-state index >= 15 is 0 Å². The topological polar surface area (TPSA) is 55.1 Å². The van der Waals surface area contributed by atoms with E-state index in [9.17, 15) is 4.79 Å². The lowest BCUT2D eigenvalue weighted by atomic mass is 9.62. The summed E-state index contributed by atoms with van der Waals surface area (Å²) < 4.78 is 0. The molecule has 1 aliphatic carbocycles. The Hall–Kier alpha value is -1.35. The Morgan fingerprint density at radius 3 is 2.67 bits per heavy atom. The maximum atomic E-state index is 12.4. The van der Waals surface area contributed by atoms with E-state index in [-0.39, 0.29) is 11.3 Å². The van der Waals surface area contributed by atoms with Gasteiger partial charge in [0, 0.05) is 12.2 Å². The molecule has 0 aliphatic heterocycles. The van der Waals surface area contributed by atoms with Crippen LogP contribution in [0.25, 0.3) is 0 Å². The molecule has 0 heterocycles. The van der Waals surface area contributed by atoms with E-state index in [0.717, 1.165) is 24.9 Å². The number of nitrogens with one attached hydrogen (secondary N) is 1. The Balaban J connectivity index is 2.11. The van der Waals surface area contributed by atoms with Crippen molar-refractivity contribution in [2.24, 2.45) is 17.1 Å². The lowest BCUT2D eigenvalue weighted by molar-refractivity contribution is -0.132. The molecule has 18 heavy (non-hydrogen) atoms. The highest BCUT2D eigenvalue weighted by molar-refractivity contribution is 5.96. The number of aryl methyl sites for hydroxylation is 1. The van der Waals surface area contributed by atoms with Crippen LogP contribution in [0.2, 0.25) is 0 Å². The highest BCUT2D eigenvalue weighted by atomic mass is 16.2. The molecular formula is C15H22N2O. The molecule has 1 aromatic rings. The predicted molar refractivity (Wildman–Crippen MR) is 74.3 cm³/mol. The van der Waals surface area contributed by atoms with Gasteiger partial charge in [0.2, 0.25) is 5.91 Å². The molecule has 0 saturated heterocycles. The minimum Gasteiger partial charge on any atom is -0.329 e. The van der Waals surface area contributed by atoms with Crippen molar-refractivity contribution in [3.05, 3.63) is 29.8 Å². The van der Waals surface area contributed by atoms with E-state index in [1.54, 1.807) is 0 Å². The lowest BCUT2D eigenvalue weighted by Gasteiger charge is -2.44. The van der Waals surface area contributed by atoms with Gasteiger partial charge < -0.3 is 11.1 Å². The number of nitrogens with two attached hydrogens (primary N) is 1. The molecule has 0 bridgehead atoms. The van der Waals surface area contributed by atoms with E-state index < -0.39 is 0 Å². The van der Waals surface area contributed by atoms with E-state index in [2.05, 4.69) is 19.2 Å². The van der Waals surface area contributed by atoms with Crippen molar-refractivity contribution in [3.8, 4) is 0 Å². The summed E-state index contributed by atoms with van der Waals surface area (Å²) in [4.78, 5) is 12.4. The van der Waals surface area contributed by atoms with Crippen LogP contribution in [0.3, 0.4) is 0 Å². The van der Waals surface area contributed by atoms with Gasteiger partial charge in [-0.2, -0.15) is 0 Å². The molecule has 0 radical (unpaired) electrons. The summed E-state index contributed by atoms with van der Waals surface area (Å²) in [6.07, 6.45) is 2.73. The minimum absolute atomic E-state index is 0.0870. The number of hydrogen-bond donors (Lipinski definition) is 2. The molecule has 0 spiro atoms. The van der Waals surface area contributed by atoms with Gasteiger partial charge in [0.15, 0.2) is 0 Å². The number of hydrogen-bond acceptors (Lipinski definition) is 2. The average Bonchev–Trinajstić information content (AvgIpc) is 2.35. The van der Waals surface area contributed by atoms with Gasteiger partial charge in [0.05, 0.1) is 5.41 Å². The van der Waals surface area contributed by atoms with Gasteiger partial charge >= 0.3 is 0 Å². The Labute approximate surface area is 109 Å². The second-order valence-corrected chi connectivity index (χ2v) is 5.46. The first-order valence-electron chi connectivity index (χ1n) is 6.70. The molecule has 1 aromatic carbocycles. The first-order chi connectivity index (χ1) is 8.61. The highest BCUT2D eigenvalue weighted by Gasteiger charge is 2.47. The number of rotatable bonds is 4. The summed E-state index contributed by atoms with van der Waals surface area (Å²) in [7, 11) is 0. The number of carbonyl (C=O) groups is 1. The normalized spacial score (nSPS) is 26.5. The molecule has 1 fully saturated rings. The Morgan fingerprint density at radius 2 is 2.11 bits per heavy atom. The van der Waals surface area contributed by atoms with Gasteiger partial charge in [-0.05, 0) is 36.8 Å². The Bertz CT molecular complexity index is 436. The van der Waals surface area contributed by atoms with Crippen LogP contribution in [0, 0.1) is 11.3 Å². The maximum absolute atomic E-state index is 12.4. The first kappa shape index (κ1) is 13.1. The lowest BCUT2D eigenvalue weighted by Crippen LogP contribution is -2.51. The van der Waals surface area contributed by atoms with Crippen LogP contribution >= 0.6 is 0 Å². The van der Waals surface area contributed by atoms with E-state index in [1.807, 2.05) is 24.3 Å². The summed E-state index contributed by atoms with van der Waals surface area (Å²) in [6.45, 7) is 4.70. The van der Waals surface area contributed by atoms with Crippen molar-refractivity contribution in [2.75, 3.05) is 11.9 Å². The molecule has 0 atom stereocenters. The van der Waals surface area contributed by atoms with Gasteiger partial charge in [0.25, 0.3) is 0 Å². The SMILES string of the molecule is CCc1ccccc1NC(=O)C1(CN)CC(C)C1. The van der Waals surface area contributed by atoms with Crippen LogP contribution < -0.4 is 11.1 Å². The maximum Gasteiger partial charge on any atom is 0.231 e. The van der Waals surface area contributed by atoms with Gasteiger partial charge in [-0.3, -0.25) is 4.79 Å². The van der Waals surface area contributed by atoms with Crippen LogP contribution in [-0.2, 0) is 11.2 Å². The fourth-order valence-corrected chi connectivity index (χ4v) is 2.92. The summed E-state index contributed by atoms with van der Waals surface area (Å²) in [5, 5.41) is 3.06. The zero-order valence-electron chi connectivity index (χ0n) is 11.2. The van der Waals surface area contributed by atoms with Crippen LogP contribution in [0.15, 0.2) is 24.3 Å². The zero-order valence-corrected chi connectivity index (χ0v) is 11.2. The largest absolute Gasteiger partial charge is 0.329 e. The molecule has 3 N–H and O–H groups in total. The summed E-state index contributed by atoms with van der Waals surface area (Å²) in [5.74, 6) is 0.699. The van der Waals surface area contributed by atoms with Crippen molar-refractivity contribution < 1.29 is 4.79 Å². The van der Waals surface area contributed by atoms with Crippen LogP contribution in [0.4, 0.5) is 5.69 Å². The second kappa shape index (κ2) is 5.11. The van der Waals surface area contributed by atoms with Crippen LogP contribution in [0.1, 0.15) is 32.3 Å². The molecule has 2 rings (SSSR count). The van der Waals surface area contributed by atoms with Gasteiger partial charge in [-0.1, -0.05) is 32.0 Å². The molecule has 3 nitrogen and oxygen atoms in total. The van der Waals surface area contributed by atoms with E-state index in [0.29, 0.717) is 12.5 Å². The molecule has 1 aliphatic rings. The molecule has 1 saturated carbocycles. The second-order valence-electron chi connectivity index (χ2n) is 5.46. The van der Waals surface area contributed by atoms with Gasteiger partial charge in [-0.15, -0.1) is 0 Å². The highest BCUT2D eigenvalue weighted by Crippen LogP contribution is 2.45. The molecule has 0 aromatic heterocycles. The predicted octanol–water partition coefficient (Wildman–Crippen LogP) is 2.56. The number of amides is 1. The van der Waals surface area contributed by atoms with E-state index in [1.165, 1.54) is 5.56 Å². The zero-order chi connectivity index (χ0) is 13.2. The Kier molecular flexibility index (Phi) is 3.71. The average molecular weight is 246 g/mol. The summed E-state index contributed by atoms with van der Waals surface area (Å²) in [5.41, 5.74) is 7.56. The van der Waals surface area contributed by atoms with Crippen molar-refractivity contribution in [3.63, 3.8) is 0 Å². The summed E-state index contributed by atoms with van der Waals surface area (Å²) >= 11 is 0. The monoisotopic (exact) mass is 246 g/mol. The van der Waals surface area contributed by atoms with Crippen molar-refractivity contribution in [1.82, 2.24) is 0 Å². The quantitative estimate of drug-likeness (QED) is 0.858. The number of anilines is 1. The summed E-state index contributed by atoms with van der Waals surface area (Å²) in [6, 6.07) is 7.96. The van der Waals surface area contributed by atoms with Crippen molar-refractivity contribution in [2.45, 2.75) is 33.1 Å². The molecule has 98 valence electrons. The Morgan fingerprint density at radius 1 is 1.44 bits per heavy atom. The van der Waals surface area contributed by atoms with Crippen molar-refractivity contribution >= 4 is 11.6 Å². The number of carbonyl (C=O) groups excluding carboxylic acids is 1. The third-order valence-electron chi connectivity index (χ3n) is 4.00. The molecule has 1 amide bonds. The molecule has 0 unspecified atom stereocenters. The van der Waals surface area contributed by atoms with Crippen molar-refractivity contribution in [1.29, 1.82) is 0 Å². The first-order valence-corrected chi connectivity index (χ1v) is 6.70. The number of para-hydroxylation sites is 1. The fourth-order valence-electron chi connectivity index (χ4n) is 2.92. The minimum atomic E-state index is -0.333.